The van der Waals surface area contributed by atoms with Gasteiger partial charge in [0.1, 0.15) is 6.26 Å². The van der Waals surface area contributed by atoms with E-state index >= 15 is 0 Å². The molecule has 0 aromatic rings. The molecule has 1 rings (SSSR count). The second-order valence-electron chi connectivity index (χ2n) is 7.39. The van der Waals surface area contributed by atoms with E-state index in [1.54, 1.807) is 0 Å². The van der Waals surface area contributed by atoms with Crippen LogP contribution < -0.4 is 10.6 Å². The lowest BCUT2D eigenvalue weighted by atomic mass is 9.97. The third-order valence-corrected chi connectivity index (χ3v) is 4.79. The molecule has 2 unspecified atom stereocenters. The standard InChI is InChI=1S/C22H33N3O5/c1-7-30-25(14-26)11-13-29-12-10-20(27)24-21(15(2)3)22(28)18(6)23-19-9-8-16(4)17(19)5/h7-9,14-15,17,21,23H,1,6,10-13H2,2-5H3,(H,24,27). The zero-order chi connectivity index (χ0) is 22.7. The van der Waals surface area contributed by atoms with Gasteiger partial charge in [-0.15, -0.1) is 0 Å². The molecule has 166 valence electrons. The molecule has 0 heterocycles. The minimum absolute atomic E-state index is 0.0884. The molecule has 1 aliphatic carbocycles. The summed E-state index contributed by atoms with van der Waals surface area (Å²) < 4.78 is 5.34. The number of nitrogens with zero attached hydrogens (tertiary/aromatic N) is 1. The van der Waals surface area contributed by atoms with E-state index in [2.05, 4.69) is 30.7 Å². The fourth-order valence-corrected chi connectivity index (χ4v) is 2.76. The molecule has 0 bridgehead atoms. The van der Waals surface area contributed by atoms with Gasteiger partial charge in [0, 0.05) is 18.0 Å². The highest BCUT2D eigenvalue weighted by atomic mass is 16.7. The van der Waals surface area contributed by atoms with E-state index in [1.807, 2.05) is 32.9 Å². The number of carbonyl (C=O) groups is 3. The lowest BCUT2D eigenvalue weighted by molar-refractivity contribution is -0.155. The Labute approximate surface area is 178 Å². The van der Waals surface area contributed by atoms with Crippen molar-refractivity contribution in [3.8, 4) is 0 Å². The number of hydrogen-bond donors (Lipinski definition) is 2. The first-order valence-corrected chi connectivity index (χ1v) is 9.96. The van der Waals surface area contributed by atoms with Crippen molar-refractivity contribution in [3.63, 3.8) is 0 Å². The maximum Gasteiger partial charge on any atom is 0.242 e. The molecule has 2 N–H and O–H groups in total. The summed E-state index contributed by atoms with van der Waals surface area (Å²) in [5.41, 5.74) is 2.37. The average Bonchev–Trinajstić information content (AvgIpc) is 3.02. The van der Waals surface area contributed by atoms with Crippen molar-refractivity contribution in [2.75, 3.05) is 19.8 Å². The van der Waals surface area contributed by atoms with Crippen LogP contribution in [0.3, 0.4) is 0 Å². The van der Waals surface area contributed by atoms with Gasteiger partial charge in [0.2, 0.25) is 18.1 Å². The van der Waals surface area contributed by atoms with Gasteiger partial charge in [-0.1, -0.05) is 45.6 Å². The molecule has 0 saturated heterocycles. The van der Waals surface area contributed by atoms with Crippen LogP contribution in [0.4, 0.5) is 0 Å². The molecule has 2 amide bonds. The van der Waals surface area contributed by atoms with E-state index in [4.69, 9.17) is 9.57 Å². The SMILES string of the molecule is C=CON(C=O)CCOCCC(=O)NC(C(=O)C(=C)NC1=CC=C(C)C1C)C(C)C. The predicted octanol–water partition coefficient (Wildman–Crippen LogP) is 2.22. The third kappa shape index (κ3) is 7.87. The first kappa shape index (κ1) is 25.2. The minimum Gasteiger partial charge on any atom is -0.385 e. The van der Waals surface area contributed by atoms with Gasteiger partial charge in [-0.05, 0) is 18.9 Å². The summed E-state index contributed by atoms with van der Waals surface area (Å²) in [6, 6.07) is -0.685. The van der Waals surface area contributed by atoms with E-state index in [0.717, 1.165) is 17.0 Å². The fraction of sp³-hybridized carbons (Fsp3) is 0.500. The Kier molecular flexibility index (Phi) is 10.6. The van der Waals surface area contributed by atoms with Gasteiger partial charge in [0.25, 0.3) is 0 Å². The van der Waals surface area contributed by atoms with Crippen LogP contribution in [0.25, 0.3) is 0 Å². The number of nitrogens with one attached hydrogen (secondary N) is 2. The number of carbonyl (C=O) groups excluding carboxylic acids is 3. The summed E-state index contributed by atoms with van der Waals surface area (Å²) in [5, 5.41) is 6.88. The van der Waals surface area contributed by atoms with Gasteiger partial charge >= 0.3 is 0 Å². The van der Waals surface area contributed by atoms with Gasteiger partial charge in [0.05, 0.1) is 31.5 Å². The molecular formula is C22H33N3O5. The number of ketones is 1. The van der Waals surface area contributed by atoms with Crippen molar-refractivity contribution in [1.82, 2.24) is 15.7 Å². The predicted molar refractivity (Wildman–Crippen MR) is 115 cm³/mol. The Morgan fingerprint density at radius 3 is 2.53 bits per heavy atom. The summed E-state index contributed by atoms with van der Waals surface area (Å²) in [4.78, 5) is 40.6. The second-order valence-corrected chi connectivity index (χ2v) is 7.39. The fourth-order valence-electron chi connectivity index (χ4n) is 2.76. The molecule has 0 radical (unpaired) electrons. The Bertz CT molecular complexity index is 712. The molecular weight excluding hydrogens is 386 g/mol. The number of allylic oxidation sites excluding steroid dienone is 3. The Hall–Kier alpha value is -2.87. The maximum absolute atomic E-state index is 12.8. The molecule has 0 aromatic carbocycles. The normalized spacial score (nSPS) is 16.2. The summed E-state index contributed by atoms with van der Waals surface area (Å²) in [5.74, 6) is -0.450. The number of rotatable bonds is 15. The monoisotopic (exact) mass is 419 g/mol. The average molecular weight is 420 g/mol. The van der Waals surface area contributed by atoms with Crippen molar-refractivity contribution >= 4 is 18.1 Å². The molecule has 30 heavy (non-hydrogen) atoms. The van der Waals surface area contributed by atoms with Crippen molar-refractivity contribution < 1.29 is 24.0 Å². The minimum atomic E-state index is -0.685. The molecule has 0 aliphatic heterocycles. The van der Waals surface area contributed by atoms with E-state index in [1.165, 1.54) is 5.57 Å². The summed E-state index contributed by atoms with van der Waals surface area (Å²) in [7, 11) is 0. The van der Waals surface area contributed by atoms with Gasteiger partial charge in [-0.25, -0.2) is 0 Å². The van der Waals surface area contributed by atoms with E-state index < -0.39 is 6.04 Å². The van der Waals surface area contributed by atoms with E-state index in [0.29, 0.717) is 6.41 Å². The largest absolute Gasteiger partial charge is 0.385 e. The zero-order valence-corrected chi connectivity index (χ0v) is 18.3. The second kappa shape index (κ2) is 12.6. The van der Waals surface area contributed by atoms with Crippen LogP contribution in [0.15, 0.2) is 48.5 Å². The highest BCUT2D eigenvalue weighted by Gasteiger charge is 2.27. The lowest BCUT2D eigenvalue weighted by Gasteiger charge is -2.24. The van der Waals surface area contributed by atoms with Gasteiger partial charge in [-0.2, -0.15) is 5.06 Å². The van der Waals surface area contributed by atoms with Gasteiger partial charge < -0.3 is 20.2 Å². The van der Waals surface area contributed by atoms with Crippen LogP contribution >= 0.6 is 0 Å². The number of hydroxylamine groups is 2. The topological polar surface area (TPSA) is 97.0 Å². The highest BCUT2D eigenvalue weighted by molar-refractivity contribution is 6.00. The Balaban J connectivity index is 2.45. The Morgan fingerprint density at radius 1 is 1.30 bits per heavy atom. The maximum atomic E-state index is 12.8. The number of hydrogen-bond acceptors (Lipinski definition) is 6. The van der Waals surface area contributed by atoms with Crippen molar-refractivity contribution in [3.05, 3.63) is 48.5 Å². The van der Waals surface area contributed by atoms with Crippen LogP contribution in [0.2, 0.25) is 0 Å². The number of ether oxygens (including phenoxy) is 1. The van der Waals surface area contributed by atoms with Crippen LogP contribution in [-0.2, 0) is 24.0 Å². The molecule has 0 spiro atoms. The van der Waals surface area contributed by atoms with Gasteiger partial charge in [0.15, 0.2) is 0 Å². The molecule has 0 aromatic heterocycles. The zero-order valence-electron chi connectivity index (χ0n) is 18.3. The first-order chi connectivity index (χ1) is 14.2. The summed E-state index contributed by atoms with van der Waals surface area (Å²) in [6.07, 6.45) is 5.67. The lowest BCUT2D eigenvalue weighted by Crippen LogP contribution is -2.46. The Morgan fingerprint density at radius 2 is 2.00 bits per heavy atom. The quantitative estimate of drug-likeness (QED) is 0.139. The molecule has 0 saturated carbocycles. The smallest absolute Gasteiger partial charge is 0.242 e. The van der Waals surface area contributed by atoms with Crippen LogP contribution in [0.1, 0.15) is 34.1 Å². The summed E-state index contributed by atoms with van der Waals surface area (Å²) >= 11 is 0. The molecule has 8 heteroatoms. The number of Topliss-reactive ketones (excluding diaryl/α,β-unsaturated/α-hetero) is 1. The number of amides is 2. The van der Waals surface area contributed by atoms with Crippen LogP contribution in [0, 0.1) is 11.8 Å². The highest BCUT2D eigenvalue weighted by Crippen LogP contribution is 2.24. The van der Waals surface area contributed by atoms with E-state index in [-0.39, 0.29) is 55.4 Å². The molecule has 2 atom stereocenters. The molecule has 1 aliphatic rings. The van der Waals surface area contributed by atoms with Crippen LogP contribution in [0.5, 0.6) is 0 Å². The van der Waals surface area contributed by atoms with Crippen molar-refractivity contribution in [2.24, 2.45) is 11.8 Å². The van der Waals surface area contributed by atoms with Crippen molar-refractivity contribution in [1.29, 1.82) is 0 Å². The summed E-state index contributed by atoms with van der Waals surface area (Å²) in [6.45, 7) is 15.6. The first-order valence-electron chi connectivity index (χ1n) is 9.96. The third-order valence-electron chi connectivity index (χ3n) is 4.79. The molecule has 8 nitrogen and oxygen atoms in total. The molecule has 0 fully saturated rings. The van der Waals surface area contributed by atoms with E-state index in [9.17, 15) is 14.4 Å². The van der Waals surface area contributed by atoms with Gasteiger partial charge in [-0.3, -0.25) is 14.4 Å². The van der Waals surface area contributed by atoms with Crippen LogP contribution in [-0.4, -0.2) is 49.0 Å². The van der Waals surface area contributed by atoms with Crippen molar-refractivity contribution in [2.45, 2.75) is 40.2 Å².